The Balaban J connectivity index is 2.66. The fourth-order valence-electron chi connectivity index (χ4n) is 0.838. The summed E-state index contributed by atoms with van der Waals surface area (Å²) in [6.45, 7) is 0.215. The largest absolute Gasteiger partial charge is 0.453 e. The highest BCUT2D eigenvalue weighted by Crippen LogP contribution is 2.19. The number of nitrogens with one attached hydrogen (secondary N) is 1. The van der Waals surface area contributed by atoms with Crippen molar-refractivity contribution in [2.75, 3.05) is 7.11 Å². The van der Waals surface area contributed by atoms with Crippen LogP contribution < -0.4 is 10.5 Å². The number of primary sulfonamides is 1. The highest BCUT2D eigenvalue weighted by Gasteiger charge is 2.11. The van der Waals surface area contributed by atoms with Crippen molar-refractivity contribution in [2.24, 2.45) is 5.14 Å². The first-order valence-electron chi connectivity index (χ1n) is 3.87. The molecule has 0 aromatic carbocycles. The molecule has 0 saturated heterocycles. The van der Waals surface area contributed by atoms with Crippen molar-refractivity contribution in [3.63, 3.8) is 0 Å². The first kappa shape index (κ1) is 12.0. The maximum absolute atomic E-state index is 10.9. The van der Waals surface area contributed by atoms with Crippen LogP contribution in [0.5, 0.6) is 0 Å². The Labute approximate surface area is 91.1 Å². The molecule has 3 N–H and O–H groups in total. The van der Waals surface area contributed by atoms with Crippen LogP contribution in [0.25, 0.3) is 0 Å². The van der Waals surface area contributed by atoms with E-state index in [4.69, 9.17) is 5.14 Å². The number of carbonyl (C=O) groups excluding carboxylic acids is 1. The first-order valence-corrected chi connectivity index (χ1v) is 6.23. The molecule has 0 unspecified atom stereocenters. The number of thiophene rings is 1. The summed E-state index contributed by atoms with van der Waals surface area (Å²) in [5.74, 6) is 0. The van der Waals surface area contributed by atoms with Crippen LogP contribution in [-0.2, 0) is 21.3 Å². The van der Waals surface area contributed by atoms with Gasteiger partial charge in [-0.05, 0) is 12.1 Å². The van der Waals surface area contributed by atoms with Crippen LogP contribution in [-0.4, -0.2) is 21.6 Å². The topological polar surface area (TPSA) is 98.5 Å². The van der Waals surface area contributed by atoms with E-state index in [-0.39, 0.29) is 10.8 Å². The van der Waals surface area contributed by atoms with Gasteiger partial charge in [0.25, 0.3) is 0 Å². The molecule has 1 aromatic heterocycles. The Morgan fingerprint density at radius 1 is 1.60 bits per heavy atom. The molecular weight excluding hydrogens is 240 g/mol. The number of carbonyl (C=O) groups is 1. The van der Waals surface area contributed by atoms with Crippen molar-refractivity contribution >= 4 is 27.5 Å². The number of sulfonamides is 1. The SMILES string of the molecule is COC(=O)NCc1ccc(S(N)(=O)=O)s1. The van der Waals surface area contributed by atoms with E-state index in [0.29, 0.717) is 4.88 Å². The fraction of sp³-hybridized carbons (Fsp3) is 0.286. The minimum absolute atomic E-state index is 0.0733. The quantitative estimate of drug-likeness (QED) is 0.803. The van der Waals surface area contributed by atoms with Crippen LogP contribution in [0.1, 0.15) is 4.88 Å². The minimum Gasteiger partial charge on any atom is -0.453 e. The standard InChI is InChI=1S/C7H10N2O4S2/c1-13-7(10)9-4-5-2-3-6(14-5)15(8,11)12/h2-3H,4H2,1H3,(H,9,10)(H2,8,11,12). The highest BCUT2D eigenvalue weighted by atomic mass is 32.2. The van der Waals surface area contributed by atoms with E-state index in [1.54, 1.807) is 6.07 Å². The van der Waals surface area contributed by atoms with Gasteiger partial charge in [0.05, 0.1) is 13.7 Å². The van der Waals surface area contributed by atoms with Crippen molar-refractivity contribution in [1.29, 1.82) is 0 Å². The summed E-state index contributed by atoms with van der Waals surface area (Å²) in [7, 11) is -2.40. The molecule has 0 atom stereocenters. The third kappa shape index (κ3) is 3.50. The van der Waals surface area contributed by atoms with Crippen LogP contribution in [0, 0.1) is 0 Å². The van der Waals surface area contributed by atoms with E-state index in [9.17, 15) is 13.2 Å². The third-order valence-electron chi connectivity index (χ3n) is 1.51. The van der Waals surface area contributed by atoms with Gasteiger partial charge in [0.1, 0.15) is 4.21 Å². The van der Waals surface area contributed by atoms with Crippen LogP contribution in [0.15, 0.2) is 16.3 Å². The van der Waals surface area contributed by atoms with Crippen molar-refractivity contribution in [3.8, 4) is 0 Å². The number of ether oxygens (including phenoxy) is 1. The molecule has 8 heteroatoms. The van der Waals surface area contributed by atoms with Crippen LogP contribution in [0.3, 0.4) is 0 Å². The average Bonchev–Trinajstić information content (AvgIpc) is 2.61. The van der Waals surface area contributed by atoms with Gasteiger partial charge in [-0.1, -0.05) is 0 Å². The number of methoxy groups -OCH3 is 1. The molecule has 0 radical (unpaired) electrons. The smallest absolute Gasteiger partial charge is 0.407 e. The third-order valence-corrected chi connectivity index (χ3v) is 4.03. The molecule has 0 fully saturated rings. The van der Waals surface area contributed by atoms with E-state index >= 15 is 0 Å². The summed E-state index contributed by atoms with van der Waals surface area (Å²) < 4.78 is 26.3. The van der Waals surface area contributed by atoms with E-state index < -0.39 is 16.1 Å². The summed E-state index contributed by atoms with van der Waals surface area (Å²) in [6.07, 6.45) is -0.569. The Bertz CT molecular complexity index is 451. The Morgan fingerprint density at radius 2 is 2.27 bits per heavy atom. The normalized spacial score (nSPS) is 11.1. The van der Waals surface area contributed by atoms with Gasteiger partial charge in [-0.2, -0.15) is 0 Å². The molecule has 0 saturated carbocycles. The number of alkyl carbamates (subject to hydrolysis) is 1. The number of hydrogen-bond donors (Lipinski definition) is 2. The van der Waals surface area contributed by atoms with Gasteiger partial charge in [-0.3, -0.25) is 0 Å². The number of amides is 1. The van der Waals surface area contributed by atoms with E-state index in [0.717, 1.165) is 11.3 Å². The molecule has 84 valence electrons. The predicted octanol–water partition coefficient (Wildman–Crippen LogP) is 0.252. The molecule has 1 heterocycles. The van der Waals surface area contributed by atoms with Gasteiger partial charge in [0.2, 0.25) is 10.0 Å². The zero-order valence-corrected chi connectivity index (χ0v) is 9.52. The van der Waals surface area contributed by atoms with Crippen molar-refractivity contribution in [1.82, 2.24) is 5.32 Å². The molecule has 0 aliphatic carbocycles. The lowest BCUT2D eigenvalue weighted by molar-refractivity contribution is 0.170. The van der Waals surface area contributed by atoms with Gasteiger partial charge in [-0.15, -0.1) is 11.3 Å². The van der Waals surface area contributed by atoms with Crippen molar-refractivity contribution in [2.45, 2.75) is 10.8 Å². The Kier molecular flexibility index (Phi) is 3.66. The molecule has 0 aliphatic rings. The molecular formula is C7H10N2O4S2. The van der Waals surface area contributed by atoms with Crippen LogP contribution >= 0.6 is 11.3 Å². The molecule has 0 bridgehead atoms. The van der Waals surface area contributed by atoms with Gasteiger partial charge in [-0.25, -0.2) is 18.4 Å². The van der Waals surface area contributed by atoms with E-state index in [1.807, 2.05) is 0 Å². The Hall–Kier alpha value is -1.12. The van der Waals surface area contributed by atoms with Gasteiger partial charge in [0, 0.05) is 4.88 Å². The molecule has 1 rings (SSSR count). The number of nitrogens with two attached hydrogens (primary N) is 1. The number of rotatable bonds is 3. The lowest BCUT2D eigenvalue weighted by atomic mass is 10.5. The van der Waals surface area contributed by atoms with Crippen molar-refractivity contribution < 1.29 is 17.9 Å². The van der Waals surface area contributed by atoms with Crippen molar-refractivity contribution in [3.05, 3.63) is 17.0 Å². The predicted molar refractivity (Wildman–Crippen MR) is 54.9 cm³/mol. The summed E-state index contributed by atoms with van der Waals surface area (Å²) in [6, 6.07) is 2.98. The van der Waals surface area contributed by atoms with Crippen LogP contribution in [0.4, 0.5) is 4.79 Å². The second-order valence-corrected chi connectivity index (χ2v) is 5.57. The fourth-order valence-corrected chi connectivity index (χ4v) is 2.56. The van der Waals surface area contributed by atoms with Gasteiger partial charge < -0.3 is 10.1 Å². The number of hydrogen-bond acceptors (Lipinski definition) is 5. The highest BCUT2D eigenvalue weighted by molar-refractivity contribution is 7.91. The second kappa shape index (κ2) is 4.60. The monoisotopic (exact) mass is 250 g/mol. The zero-order chi connectivity index (χ0) is 11.5. The summed E-state index contributed by atoms with van der Waals surface area (Å²) in [4.78, 5) is 11.4. The molecule has 0 aliphatic heterocycles. The summed E-state index contributed by atoms with van der Waals surface area (Å²) in [5.41, 5.74) is 0. The lowest BCUT2D eigenvalue weighted by Gasteiger charge is -1.99. The summed E-state index contributed by atoms with van der Waals surface area (Å²) in [5, 5.41) is 7.35. The molecule has 1 amide bonds. The zero-order valence-electron chi connectivity index (χ0n) is 7.89. The molecule has 6 nitrogen and oxygen atoms in total. The van der Waals surface area contributed by atoms with E-state index in [2.05, 4.69) is 10.1 Å². The van der Waals surface area contributed by atoms with Gasteiger partial charge >= 0.3 is 6.09 Å². The molecule has 15 heavy (non-hydrogen) atoms. The average molecular weight is 250 g/mol. The van der Waals surface area contributed by atoms with Gasteiger partial charge in [0.15, 0.2) is 0 Å². The Morgan fingerprint density at radius 3 is 2.73 bits per heavy atom. The maximum atomic E-state index is 10.9. The minimum atomic E-state index is -3.65. The maximum Gasteiger partial charge on any atom is 0.407 e. The molecule has 1 aromatic rings. The summed E-state index contributed by atoms with van der Waals surface area (Å²) >= 11 is 1.01. The van der Waals surface area contributed by atoms with E-state index in [1.165, 1.54) is 13.2 Å². The molecule has 0 spiro atoms. The van der Waals surface area contributed by atoms with Crippen LogP contribution in [0.2, 0.25) is 0 Å². The first-order chi connectivity index (χ1) is 6.93. The lowest BCUT2D eigenvalue weighted by Crippen LogP contribution is -2.21. The second-order valence-electron chi connectivity index (χ2n) is 2.61.